The van der Waals surface area contributed by atoms with Crippen molar-refractivity contribution in [2.75, 3.05) is 22.9 Å². The Bertz CT molecular complexity index is 1110. The van der Waals surface area contributed by atoms with Crippen LogP contribution >= 0.6 is 0 Å². The highest BCUT2D eigenvalue weighted by Gasteiger charge is 2.30. The molecule has 0 fully saturated rings. The Balaban J connectivity index is 1.41. The zero-order chi connectivity index (χ0) is 21.5. The predicted molar refractivity (Wildman–Crippen MR) is 115 cm³/mol. The molecule has 1 N–H and O–H groups in total. The lowest BCUT2D eigenvalue weighted by Crippen LogP contribution is -2.33. The highest BCUT2D eigenvalue weighted by molar-refractivity contribution is 7.89. The van der Waals surface area contributed by atoms with Crippen molar-refractivity contribution in [1.29, 1.82) is 0 Å². The minimum atomic E-state index is -3.74. The van der Waals surface area contributed by atoms with Crippen LogP contribution in [0.4, 0.5) is 11.4 Å². The normalized spacial score (nSPS) is 17.7. The molecule has 0 spiro atoms. The third-order valence-electron chi connectivity index (χ3n) is 5.74. The van der Waals surface area contributed by atoms with E-state index in [0.717, 1.165) is 28.9 Å². The maximum atomic E-state index is 12.7. The first kappa shape index (κ1) is 20.6. The van der Waals surface area contributed by atoms with Crippen molar-refractivity contribution < 1.29 is 18.0 Å². The van der Waals surface area contributed by atoms with E-state index in [0.29, 0.717) is 13.0 Å². The van der Waals surface area contributed by atoms with E-state index in [1.54, 1.807) is 21.9 Å². The summed E-state index contributed by atoms with van der Waals surface area (Å²) in [5.41, 5.74) is 3.65. The number of hydrogen-bond acceptors (Lipinski definition) is 4. The van der Waals surface area contributed by atoms with Gasteiger partial charge in [-0.1, -0.05) is 18.2 Å². The smallest absolute Gasteiger partial charge is 0.240 e. The lowest BCUT2D eigenvalue weighted by molar-refractivity contribution is -0.118. The van der Waals surface area contributed by atoms with Gasteiger partial charge in [-0.2, -0.15) is 0 Å². The fourth-order valence-corrected chi connectivity index (χ4v) is 5.44. The summed E-state index contributed by atoms with van der Waals surface area (Å²) < 4.78 is 28.0. The summed E-state index contributed by atoms with van der Waals surface area (Å²) in [4.78, 5) is 28.0. The molecule has 0 saturated carbocycles. The van der Waals surface area contributed by atoms with Crippen LogP contribution in [0.1, 0.15) is 31.4 Å². The highest BCUT2D eigenvalue weighted by atomic mass is 32.2. The van der Waals surface area contributed by atoms with Gasteiger partial charge in [0.15, 0.2) is 0 Å². The third-order valence-corrected chi connectivity index (χ3v) is 7.19. The first-order valence-electron chi connectivity index (χ1n) is 10.1. The molecule has 2 aromatic rings. The zero-order valence-corrected chi connectivity index (χ0v) is 17.9. The van der Waals surface area contributed by atoms with Crippen LogP contribution in [0.2, 0.25) is 0 Å². The molecule has 2 heterocycles. The molecule has 2 aromatic carbocycles. The van der Waals surface area contributed by atoms with Crippen LogP contribution in [-0.2, 0) is 32.5 Å². The monoisotopic (exact) mass is 427 g/mol. The number of carbonyl (C=O) groups excluding carboxylic acids is 2. The number of amides is 2. The molecule has 4 rings (SSSR count). The van der Waals surface area contributed by atoms with Crippen molar-refractivity contribution in [1.82, 2.24) is 4.72 Å². The number of rotatable bonds is 5. The van der Waals surface area contributed by atoms with E-state index >= 15 is 0 Å². The van der Waals surface area contributed by atoms with E-state index in [1.165, 1.54) is 13.0 Å². The molecule has 2 amide bonds. The van der Waals surface area contributed by atoms with Gasteiger partial charge in [-0.05, 0) is 55.2 Å². The third kappa shape index (κ3) is 3.73. The maximum Gasteiger partial charge on any atom is 0.240 e. The van der Waals surface area contributed by atoms with Crippen LogP contribution in [0.25, 0.3) is 0 Å². The summed E-state index contributed by atoms with van der Waals surface area (Å²) in [5.74, 6) is -0.153. The Labute approximate surface area is 176 Å². The van der Waals surface area contributed by atoms with Crippen LogP contribution in [0.5, 0.6) is 0 Å². The van der Waals surface area contributed by atoms with Crippen LogP contribution in [0.3, 0.4) is 0 Å². The molecule has 0 aliphatic carbocycles. The minimum absolute atomic E-state index is 0.00405. The van der Waals surface area contributed by atoms with Gasteiger partial charge >= 0.3 is 0 Å². The van der Waals surface area contributed by atoms with Gasteiger partial charge in [0.1, 0.15) is 0 Å². The highest BCUT2D eigenvalue weighted by Crippen LogP contribution is 2.34. The number of sulfonamides is 1. The Morgan fingerprint density at radius 1 is 1.10 bits per heavy atom. The number of nitrogens with zero attached hydrogens (tertiary/aromatic N) is 2. The van der Waals surface area contributed by atoms with E-state index in [-0.39, 0.29) is 35.7 Å². The number of carbonyl (C=O) groups is 2. The summed E-state index contributed by atoms with van der Waals surface area (Å²) in [5, 5.41) is 0. The SMILES string of the molecule is CC(=O)N1c2ccc(S(=O)(=O)NCCC(=O)N3CCc4ccccc43)cc2CC1C. The Morgan fingerprint density at radius 2 is 1.87 bits per heavy atom. The molecule has 1 unspecified atom stereocenters. The average Bonchev–Trinajstić information content (AvgIpc) is 3.27. The molecule has 0 saturated heterocycles. The molecule has 0 radical (unpaired) electrons. The van der Waals surface area contributed by atoms with Crippen molar-refractivity contribution in [3.63, 3.8) is 0 Å². The van der Waals surface area contributed by atoms with Crippen LogP contribution in [0, 0.1) is 0 Å². The summed E-state index contributed by atoms with van der Waals surface area (Å²) in [6, 6.07) is 12.6. The van der Waals surface area contributed by atoms with Gasteiger partial charge in [0.25, 0.3) is 0 Å². The van der Waals surface area contributed by atoms with Gasteiger partial charge in [0.05, 0.1) is 4.90 Å². The minimum Gasteiger partial charge on any atom is -0.312 e. The Hall–Kier alpha value is -2.71. The molecule has 7 nitrogen and oxygen atoms in total. The van der Waals surface area contributed by atoms with E-state index < -0.39 is 10.0 Å². The zero-order valence-electron chi connectivity index (χ0n) is 17.1. The fraction of sp³-hybridized carbons (Fsp3) is 0.364. The summed E-state index contributed by atoms with van der Waals surface area (Å²) in [6.45, 7) is 4.11. The van der Waals surface area contributed by atoms with Gasteiger partial charge in [-0.15, -0.1) is 0 Å². The molecular weight excluding hydrogens is 402 g/mol. The second kappa shape index (κ2) is 7.85. The van der Waals surface area contributed by atoms with E-state index in [9.17, 15) is 18.0 Å². The first-order valence-corrected chi connectivity index (χ1v) is 11.6. The standard InChI is InChI=1S/C22H25N3O4S/c1-15-13-18-14-19(7-8-21(18)25(15)16(2)26)30(28,29)23-11-9-22(27)24-12-10-17-5-3-4-6-20(17)24/h3-8,14-15,23H,9-13H2,1-2H3. The van der Waals surface area contributed by atoms with Crippen molar-refractivity contribution >= 4 is 33.2 Å². The Kier molecular flexibility index (Phi) is 5.38. The van der Waals surface area contributed by atoms with Crippen molar-refractivity contribution in [3.8, 4) is 0 Å². The quantitative estimate of drug-likeness (QED) is 0.793. The summed E-state index contributed by atoms with van der Waals surface area (Å²) in [6.07, 6.45) is 1.53. The number of hydrogen-bond donors (Lipinski definition) is 1. The number of nitrogens with one attached hydrogen (secondary N) is 1. The predicted octanol–water partition coefficient (Wildman–Crippen LogP) is 2.24. The topological polar surface area (TPSA) is 86.8 Å². The molecule has 8 heteroatoms. The largest absolute Gasteiger partial charge is 0.312 e. The number of fused-ring (bicyclic) bond motifs is 2. The van der Waals surface area contributed by atoms with Crippen molar-refractivity contribution in [2.24, 2.45) is 0 Å². The number of benzene rings is 2. The van der Waals surface area contributed by atoms with E-state index in [2.05, 4.69) is 4.72 Å². The second-order valence-corrected chi connectivity index (χ2v) is 9.57. The van der Waals surface area contributed by atoms with Gasteiger partial charge in [0.2, 0.25) is 21.8 Å². The Morgan fingerprint density at radius 3 is 2.63 bits per heavy atom. The molecule has 0 bridgehead atoms. The van der Waals surface area contributed by atoms with Crippen molar-refractivity contribution in [3.05, 3.63) is 53.6 Å². The van der Waals surface area contributed by atoms with Crippen LogP contribution in [0.15, 0.2) is 47.4 Å². The molecule has 158 valence electrons. The van der Waals surface area contributed by atoms with Gasteiger partial charge in [-0.25, -0.2) is 13.1 Å². The first-order chi connectivity index (χ1) is 14.3. The van der Waals surface area contributed by atoms with Crippen molar-refractivity contribution in [2.45, 2.75) is 44.0 Å². The molecule has 2 aliphatic rings. The number of anilines is 2. The van der Waals surface area contributed by atoms with Gasteiger partial charge < -0.3 is 9.80 Å². The number of para-hydroxylation sites is 1. The second-order valence-electron chi connectivity index (χ2n) is 7.80. The molecule has 30 heavy (non-hydrogen) atoms. The van der Waals surface area contributed by atoms with Gasteiger partial charge in [-0.3, -0.25) is 9.59 Å². The summed E-state index contributed by atoms with van der Waals surface area (Å²) in [7, 11) is -3.74. The lowest BCUT2D eigenvalue weighted by atomic mass is 10.1. The fourth-order valence-electron chi connectivity index (χ4n) is 4.36. The van der Waals surface area contributed by atoms with E-state index in [1.807, 2.05) is 31.2 Å². The maximum absolute atomic E-state index is 12.7. The van der Waals surface area contributed by atoms with Crippen LogP contribution < -0.4 is 14.5 Å². The molecule has 1 atom stereocenters. The summed E-state index contributed by atoms with van der Waals surface area (Å²) >= 11 is 0. The van der Waals surface area contributed by atoms with E-state index in [4.69, 9.17) is 0 Å². The average molecular weight is 428 g/mol. The van der Waals surface area contributed by atoms with Crippen LogP contribution in [-0.4, -0.2) is 39.4 Å². The molecular formula is C22H25N3O4S. The lowest BCUT2D eigenvalue weighted by Gasteiger charge is -2.20. The molecule has 2 aliphatic heterocycles. The van der Waals surface area contributed by atoms with Gasteiger partial charge in [0, 0.05) is 43.9 Å². The molecule has 0 aromatic heterocycles.